The lowest BCUT2D eigenvalue weighted by atomic mass is 9.90. The molecule has 1 aliphatic carbocycles. The molecule has 1 spiro atoms. The molecule has 0 bridgehead atoms. The second kappa shape index (κ2) is 7.58. The molecule has 1 saturated carbocycles. The first-order valence-electron chi connectivity index (χ1n) is 9.58. The Morgan fingerprint density at radius 3 is 2.50 bits per heavy atom. The van der Waals surface area contributed by atoms with Gasteiger partial charge in [0.05, 0.1) is 16.3 Å². The number of rotatable bonds is 4. The molecule has 2 aromatic carbocycles. The predicted octanol–water partition coefficient (Wildman–Crippen LogP) is 3.05. The second-order valence-electron chi connectivity index (χ2n) is 7.29. The Bertz CT molecular complexity index is 1040. The Labute approximate surface area is 171 Å². The summed E-state index contributed by atoms with van der Waals surface area (Å²) in [5, 5.41) is 14.0. The van der Waals surface area contributed by atoms with Crippen molar-refractivity contribution in [1.82, 2.24) is 0 Å². The highest BCUT2D eigenvalue weighted by Gasteiger charge is 2.52. The van der Waals surface area contributed by atoms with E-state index in [4.69, 9.17) is 4.74 Å². The van der Waals surface area contributed by atoms with Gasteiger partial charge in [0.25, 0.3) is 17.5 Å². The molecule has 2 aromatic rings. The van der Waals surface area contributed by atoms with Gasteiger partial charge in [0.2, 0.25) is 0 Å². The molecular weight excluding hydrogens is 390 g/mol. The molecule has 30 heavy (non-hydrogen) atoms. The lowest BCUT2D eigenvalue weighted by molar-refractivity contribution is -0.385. The van der Waals surface area contributed by atoms with Gasteiger partial charge in [0.15, 0.2) is 6.61 Å². The Morgan fingerprint density at radius 1 is 1.10 bits per heavy atom. The number of ether oxygens (including phenoxy) is 1. The van der Waals surface area contributed by atoms with Gasteiger partial charge in [-0.25, -0.2) is 4.79 Å². The Hall–Kier alpha value is -3.75. The standard InChI is InChI=1S/C21H19N3O6/c25-18(13-30-19(26)14-7-1-3-9-16(14)24(28)29)23-17-10-4-2-8-15(17)22-20(27)21(23)11-5-6-12-21/h1-4,7-10H,5-6,11-13H2,(H,22,27). The molecule has 0 saturated heterocycles. The summed E-state index contributed by atoms with van der Waals surface area (Å²) in [5.41, 5.74) is -0.590. The van der Waals surface area contributed by atoms with Crippen molar-refractivity contribution in [2.45, 2.75) is 31.2 Å². The van der Waals surface area contributed by atoms with Crippen LogP contribution in [0.5, 0.6) is 0 Å². The Kier molecular flexibility index (Phi) is 4.94. The molecule has 1 heterocycles. The van der Waals surface area contributed by atoms with E-state index in [-0.39, 0.29) is 11.5 Å². The summed E-state index contributed by atoms with van der Waals surface area (Å²) in [6, 6.07) is 12.3. The third kappa shape index (κ3) is 3.18. The molecule has 1 fully saturated rings. The first-order chi connectivity index (χ1) is 14.4. The molecule has 4 rings (SSSR count). The lowest BCUT2D eigenvalue weighted by Crippen LogP contribution is -2.61. The number of hydrogen-bond acceptors (Lipinski definition) is 6. The van der Waals surface area contributed by atoms with Crippen LogP contribution < -0.4 is 10.2 Å². The van der Waals surface area contributed by atoms with Crippen LogP contribution in [0.4, 0.5) is 17.1 Å². The minimum Gasteiger partial charge on any atom is -0.452 e. The van der Waals surface area contributed by atoms with Crippen LogP contribution in [0.1, 0.15) is 36.0 Å². The van der Waals surface area contributed by atoms with E-state index in [1.54, 1.807) is 24.3 Å². The molecule has 9 nitrogen and oxygen atoms in total. The third-order valence-electron chi connectivity index (χ3n) is 5.57. The number of nitrogens with zero attached hydrogens (tertiary/aromatic N) is 2. The summed E-state index contributed by atoms with van der Waals surface area (Å²) in [6.45, 7) is -0.631. The van der Waals surface area contributed by atoms with E-state index in [0.29, 0.717) is 24.2 Å². The third-order valence-corrected chi connectivity index (χ3v) is 5.57. The molecule has 9 heteroatoms. The number of para-hydroxylation sites is 3. The first-order valence-corrected chi connectivity index (χ1v) is 9.58. The van der Waals surface area contributed by atoms with E-state index in [1.807, 2.05) is 0 Å². The van der Waals surface area contributed by atoms with Gasteiger partial charge >= 0.3 is 5.97 Å². The summed E-state index contributed by atoms with van der Waals surface area (Å²) in [5.74, 6) is -1.77. The van der Waals surface area contributed by atoms with Crippen LogP contribution in [0.15, 0.2) is 48.5 Å². The van der Waals surface area contributed by atoms with Gasteiger partial charge in [-0.05, 0) is 31.0 Å². The summed E-state index contributed by atoms with van der Waals surface area (Å²) < 4.78 is 5.12. The number of nitro groups is 1. The summed E-state index contributed by atoms with van der Waals surface area (Å²) in [6.07, 6.45) is 2.62. The molecule has 1 aliphatic heterocycles. The SMILES string of the molecule is O=C(OCC(=O)N1c2ccccc2NC(=O)C12CCCC2)c1ccccc1[N+](=O)[O-]. The zero-order chi connectivity index (χ0) is 21.3. The van der Waals surface area contributed by atoms with Gasteiger partial charge in [-0.2, -0.15) is 0 Å². The number of fused-ring (bicyclic) bond motifs is 1. The minimum atomic E-state index is -1.02. The molecule has 2 amide bonds. The van der Waals surface area contributed by atoms with Gasteiger partial charge in [-0.3, -0.25) is 24.6 Å². The van der Waals surface area contributed by atoms with Crippen LogP contribution >= 0.6 is 0 Å². The van der Waals surface area contributed by atoms with E-state index in [9.17, 15) is 24.5 Å². The average Bonchev–Trinajstić information content (AvgIpc) is 3.23. The molecule has 0 unspecified atom stereocenters. The van der Waals surface area contributed by atoms with Gasteiger partial charge in [-0.1, -0.05) is 37.1 Å². The fourth-order valence-electron chi connectivity index (χ4n) is 4.20. The van der Waals surface area contributed by atoms with Crippen molar-refractivity contribution in [2.24, 2.45) is 0 Å². The summed E-state index contributed by atoms with van der Waals surface area (Å²) >= 11 is 0. The van der Waals surface area contributed by atoms with E-state index >= 15 is 0 Å². The highest BCUT2D eigenvalue weighted by molar-refractivity contribution is 6.15. The van der Waals surface area contributed by atoms with Crippen molar-refractivity contribution in [3.05, 3.63) is 64.2 Å². The fraction of sp³-hybridized carbons (Fsp3) is 0.286. The van der Waals surface area contributed by atoms with Crippen LogP contribution in [0, 0.1) is 10.1 Å². The van der Waals surface area contributed by atoms with E-state index in [0.717, 1.165) is 12.8 Å². The topological polar surface area (TPSA) is 119 Å². The quantitative estimate of drug-likeness (QED) is 0.471. The van der Waals surface area contributed by atoms with Crippen LogP contribution in [0.25, 0.3) is 0 Å². The first kappa shape index (κ1) is 19.6. The number of amides is 2. The number of nitro benzene ring substituents is 1. The summed E-state index contributed by atoms with van der Waals surface area (Å²) in [4.78, 5) is 50.3. The van der Waals surface area contributed by atoms with Crippen LogP contribution in [0.3, 0.4) is 0 Å². The van der Waals surface area contributed by atoms with Crippen LogP contribution in [-0.4, -0.2) is 34.9 Å². The minimum absolute atomic E-state index is 0.234. The number of esters is 1. The normalized spacial score (nSPS) is 16.7. The Balaban J connectivity index is 1.60. The maximum Gasteiger partial charge on any atom is 0.345 e. The molecule has 0 radical (unpaired) electrons. The number of benzene rings is 2. The second-order valence-corrected chi connectivity index (χ2v) is 7.29. The van der Waals surface area contributed by atoms with E-state index < -0.39 is 34.6 Å². The fourth-order valence-corrected chi connectivity index (χ4v) is 4.20. The van der Waals surface area contributed by atoms with E-state index in [1.165, 1.54) is 29.2 Å². The van der Waals surface area contributed by atoms with Crippen molar-refractivity contribution in [3.63, 3.8) is 0 Å². The maximum atomic E-state index is 13.2. The highest BCUT2D eigenvalue weighted by atomic mass is 16.6. The number of hydrogen-bond donors (Lipinski definition) is 1. The highest BCUT2D eigenvalue weighted by Crippen LogP contribution is 2.45. The van der Waals surface area contributed by atoms with Gasteiger partial charge in [-0.15, -0.1) is 0 Å². The number of nitrogens with one attached hydrogen (secondary N) is 1. The number of carbonyl (C=O) groups excluding carboxylic acids is 3. The molecule has 154 valence electrons. The Morgan fingerprint density at radius 2 is 1.77 bits per heavy atom. The van der Waals surface area contributed by atoms with Crippen molar-refractivity contribution in [3.8, 4) is 0 Å². The van der Waals surface area contributed by atoms with Crippen LogP contribution in [0.2, 0.25) is 0 Å². The zero-order valence-corrected chi connectivity index (χ0v) is 16.0. The number of carbonyl (C=O) groups is 3. The molecule has 0 aromatic heterocycles. The molecule has 2 aliphatic rings. The smallest absolute Gasteiger partial charge is 0.345 e. The molecular formula is C21H19N3O6. The zero-order valence-electron chi connectivity index (χ0n) is 16.0. The van der Waals surface area contributed by atoms with Gasteiger partial charge < -0.3 is 10.1 Å². The largest absolute Gasteiger partial charge is 0.452 e. The molecule has 0 atom stereocenters. The summed E-state index contributed by atoms with van der Waals surface area (Å²) in [7, 11) is 0. The van der Waals surface area contributed by atoms with Crippen molar-refractivity contribution in [1.29, 1.82) is 0 Å². The van der Waals surface area contributed by atoms with Gasteiger partial charge in [0, 0.05) is 6.07 Å². The molecule has 1 N–H and O–H groups in total. The van der Waals surface area contributed by atoms with E-state index in [2.05, 4.69) is 5.32 Å². The maximum absolute atomic E-state index is 13.2. The van der Waals surface area contributed by atoms with Crippen LogP contribution in [-0.2, 0) is 14.3 Å². The number of anilines is 2. The predicted molar refractivity (Wildman–Crippen MR) is 107 cm³/mol. The van der Waals surface area contributed by atoms with Gasteiger partial charge in [0.1, 0.15) is 11.1 Å². The lowest BCUT2D eigenvalue weighted by Gasteiger charge is -2.44. The monoisotopic (exact) mass is 409 g/mol. The van der Waals surface area contributed by atoms with Crippen molar-refractivity contribution >= 4 is 34.8 Å². The average molecular weight is 409 g/mol. The van der Waals surface area contributed by atoms with Crippen molar-refractivity contribution in [2.75, 3.05) is 16.8 Å². The van der Waals surface area contributed by atoms with Crippen molar-refractivity contribution < 1.29 is 24.0 Å².